The van der Waals surface area contributed by atoms with Crippen molar-refractivity contribution in [2.24, 2.45) is 0 Å². The highest BCUT2D eigenvalue weighted by Crippen LogP contribution is 2.41. The fourth-order valence-electron chi connectivity index (χ4n) is 4.86. The molecule has 2 aliphatic heterocycles. The predicted molar refractivity (Wildman–Crippen MR) is 137 cm³/mol. The molecule has 36 heavy (non-hydrogen) atoms. The number of Topliss-reactive ketones (excluding diaryl/α,β-unsaturated/α-hetero) is 1. The number of benzene rings is 1. The molecule has 1 aromatic heterocycles. The van der Waals surface area contributed by atoms with Crippen LogP contribution in [-0.2, 0) is 19.1 Å². The normalized spacial score (nSPS) is 20.2. The van der Waals surface area contributed by atoms with Crippen LogP contribution in [0.4, 0.5) is 0 Å². The smallest absolute Gasteiger partial charge is 0.355 e. The van der Waals surface area contributed by atoms with Gasteiger partial charge >= 0.3 is 5.97 Å². The average Bonchev–Trinajstić information content (AvgIpc) is 3.30. The minimum absolute atomic E-state index is 0.000636. The van der Waals surface area contributed by atoms with E-state index in [1.807, 2.05) is 24.3 Å². The van der Waals surface area contributed by atoms with Crippen molar-refractivity contribution in [3.63, 3.8) is 0 Å². The zero-order valence-corrected chi connectivity index (χ0v) is 22.2. The summed E-state index contributed by atoms with van der Waals surface area (Å²) in [4.78, 5) is 45.7. The van der Waals surface area contributed by atoms with E-state index in [1.54, 1.807) is 20.8 Å². The van der Waals surface area contributed by atoms with Gasteiger partial charge < -0.3 is 24.5 Å². The van der Waals surface area contributed by atoms with Gasteiger partial charge in [0.15, 0.2) is 0 Å². The number of esters is 1. The number of aromatic amines is 1. The van der Waals surface area contributed by atoms with Gasteiger partial charge in [0.1, 0.15) is 11.5 Å². The van der Waals surface area contributed by atoms with E-state index >= 15 is 0 Å². The van der Waals surface area contributed by atoms with Gasteiger partial charge in [-0.3, -0.25) is 14.5 Å². The van der Waals surface area contributed by atoms with Crippen LogP contribution in [0.1, 0.15) is 45.8 Å². The van der Waals surface area contributed by atoms with E-state index in [2.05, 4.69) is 25.8 Å². The number of rotatable bonds is 7. The van der Waals surface area contributed by atoms with Crippen LogP contribution in [0.5, 0.6) is 0 Å². The van der Waals surface area contributed by atoms with Crippen LogP contribution in [0.25, 0.3) is 5.76 Å². The predicted octanol–water partition coefficient (Wildman–Crippen LogP) is 3.32. The first-order chi connectivity index (χ1) is 17.2. The van der Waals surface area contributed by atoms with Crippen LogP contribution in [-0.4, -0.2) is 83.5 Å². The molecule has 1 amide bonds. The topological polar surface area (TPSA) is 112 Å². The molecule has 0 bridgehead atoms. The molecule has 2 fully saturated rings. The Morgan fingerprint density at radius 1 is 1.22 bits per heavy atom. The molecule has 2 aromatic rings. The lowest BCUT2D eigenvalue weighted by molar-refractivity contribution is -0.140. The van der Waals surface area contributed by atoms with Gasteiger partial charge in [-0.25, -0.2) is 4.79 Å². The van der Waals surface area contributed by atoms with Crippen molar-refractivity contribution in [3.8, 4) is 0 Å². The highest BCUT2D eigenvalue weighted by atomic mass is 79.9. The summed E-state index contributed by atoms with van der Waals surface area (Å²) in [7, 11) is 0. The lowest BCUT2D eigenvalue weighted by atomic mass is 9.94. The van der Waals surface area contributed by atoms with Crippen molar-refractivity contribution in [2.45, 2.75) is 26.8 Å². The molecule has 10 heteroatoms. The van der Waals surface area contributed by atoms with Gasteiger partial charge in [0, 0.05) is 41.9 Å². The van der Waals surface area contributed by atoms with Gasteiger partial charge in [-0.1, -0.05) is 28.1 Å². The van der Waals surface area contributed by atoms with Crippen molar-refractivity contribution in [2.75, 3.05) is 46.0 Å². The van der Waals surface area contributed by atoms with Gasteiger partial charge in [0.05, 0.1) is 31.4 Å². The zero-order valence-electron chi connectivity index (χ0n) is 20.6. The molecule has 0 spiro atoms. The van der Waals surface area contributed by atoms with E-state index in [9.17, 15) is 19.5 Å². The molecular weight excluding hydrogens is 530 g/mol. The Labute approximate surface area is 218 Å². The number of aliphatic hydroxyl groups is 1. The lowest BCUT2D eigenvalue weighted by Crippen LogP contribution is -2.42. The van der Waals surface area contributed by atoms with Gasteiger partial charge in [-0.15, -0.1) is 0 Å². The fourth-order valence-corrected chi connectivity index (χ4v) is 5.27. The Morgan fingerprint density at radius 2 is 1.94 bits per heavy atom. The second-order valence-corrected chi connectivity index (χ2v) is 9.76. The van der Waals surface area contributed by atoms with Crippen molar-refractivity contribution < 1.29 is 29.0 Å². The number of nitrogens with zero attached hydrogens (tertiary/aromatic N) is 2. The number of ether oxygens (including phenoxy) is 2. The fraction of sp³-hybridized carbons (Fsp3) is 0.423. The minimum atomic E-state index is -0.775. The quantitative estimate of drug-likeness (QED) is 0.231. The number of ketones is 1. The Kier molecular flexibility index (Phi) is 7.97. The molecular formula is C26H30BrN3O6. The molecule has 192 valence electrons. The first kappa shape index (κ1) is 26.1. The molecule has 2 N–H and O–H groups in total. The number of hydrogen-bond acceptors (Lipinski definition) is 7. The number of aromatic nitrogens is 1. The number of amides is 1. The monoisotopic (exact) mass is 559 g/mol. The highest BCUT2D eigenvalue weighted by molar-refractivity contribution is 9.10. The Bertz CT molecular complexity index is 1210. The van der Waals surface area contributed by atoms with Crippen molar-refractivity contribution in [1.29, 1.82) is 0 Å². The summed E-state index contributed by atoms with van der Waals surface area (Å²) in [5.74, 6) is -2.27. The Balaban J connectivity index is 1.79. The van der Waals surface area contributed by atoms with E-state index in [-0.39, 0.29) is 23.6 Å². The van der Waals surface area contributed by atoms with Crippen molar-refractivity contribution in [3.05, 3.63) is 62.4 Å². The number of aryl methyl sites for hydroxylation is 1. The summed E-state index contributed by atoms with van der Waals surface area (Å²) in [6.45, 7) is 8.95. The highest BCUT2D eigenvalue weighted by Gasteiger charge is 2.46. The largest absolute Gasteiger partial charge is 0.507 e. The number of nitrogens with one attached hydrogen (secondary N) is 1. The van der Waals surface area contributed by atoms with Crippen LogP contribution in [0.2, 0.25) is 0 Å². The standard InChI is InChI=1S/C26H30BrN3O6/c1-4-36-26(34)21-15(2)19(16(3)28-21)23(31)20-22(17-6-5-7-18(27)14-17)30(25(33)24(20)32)9-8-29-10-12-35-13-11-29/h5-7,14,22,28,31H,4,8-13H2,1-3H3/b23-20+. The summed E-state index contributed by atoms with van der Waals surface area (Å²) >= 11 is 3.47. The molecule has 9 nitrogen and oxygen atoms in total. The third-order valence-corrected chi connectivity index (χ3v) is 7.11. The molecule has 1 aromatic carbocycles. The molecule has 2 aliphatic rings. The zero-order chi connectivity index (χ0) is 26.0. The number of carbonyl (C=O) groups is 3. The van der Waals surface area contributed by atoms with E-state index < -0.39 is 23.7 Å². The molecule has 4 rings (SSSR count). The molecule has 0 aliphatic carbocycles. The summed E-state index contributed by atoms with van der Waals surface area (Å²) in [5, 5.41) is 11.5. The minimum Gasteiger partial charge on any atom is -0.507 e. The maximum Gasteiger partial charge on any atom is 0.355 e. The number of likely N-dealkylation sites (tertiary alicyclic amines) is 1. The molecule has 1 atom stereocenters. The molecule has 0 radical (unpaired) electrons. The van der Waals surface area contributed by atoms with E-state index in [1.165, 1.54) is 4.90 Å². The van der Waals surface area contributed by atoms with Gasteiger partial charge in [-0.05, 0) is 44.0 Å². The maximum atomic E-state index is 13.4. The second kappa shape index (κ2) is 11.0. The van der Waals surface area contributed by atoms with E-state index in [4.69, 9.17) is 9.47 Å². The molecule has 3 heterocycles. The van der Waals surface area contributed by atoms with Crippen LogP contribution < -0.4 is 0 Å². The van der Waals surface area contributed by atoms with E-state index in [0.717, 1.165) is 17.6 Å². The lowest BCUT2D eigenvalue weighted by Gasteiger charge is -2.31. The van der Waals surface area contributed by atoms with E-state index in [0.29, 0.717) is 48.7 Å². The summed E-state index contributed by atoms with van der Waals surface area (Å²) < 4.78 is 11.3. The maximum absolute atomic E-state index is 13.4. The van der Waals surface area contributed by atoms with Gasteiger partial charge in [-0.2, -0.15) is 0 Å². The number of halogens is 1. The van der Waals surface area contributed by atoms with Crippen molar-refractivity contribution >= 4 is 39.3 Å². The molecule has 1 unspecified atom stereocenters. The third-order valence-electron chi connectivity index (χ3n) is 6.62. The van der Waals surface area contributed by atoms with Crippen molar-refractivity contribution in [1.82, 2.24) is 14.8 Å². The second-order valence-electron chi connectivity index (χ2n) is 8.85. The summed E-state index contributed by atoms with van der Waals surface area (Å²) in [6.07, 6.45) is 0. The SMILES string of the molecule is CCOC(=O)c1[nH]c(C)c(/C(O)=C2\C(=O)C(=O)N(CCN3CCOCC3)C2c2cccc(Br)c2)c1C. The number of H-pyrrole nitrogens is 1. The number of carbonyl (C=O) groups excluding carboxylic acids is 3. The van der Waals surface area contributed by atoms with Gasteiger partial charge in [0.2, 0.25) is 0 Å². The summed E-state index contributed by atoms with van der Waals surface area (Å²) in [5.41, 5.74) is 2.18. The van der Waals surface area contributed by atoms with Crippen LogP contribution in [0.15, 0.2) is 34.3 Å². The first-order valence-corrected chi connectivity index (χ1v) is 12.7. The van der Waals surface area contributed by atoms with Crippen LogP contribution in [0.3, 0.4) is 0 Å². The molecule has 0 saturated carbocycles. The summed E-state index contributed by atoms with van der Waals surface area (Å²) in [6, 6.07) is 6.58. The molecule has 2 saturated heterocycles. The van der Waals surface area contributed by atoms with Crippen LogP contribution >= 0.6 is 15.9 Å². The Morgan fingerprint density at radius 3 is 2.61 bits per heavy atom. The number of hydrogen-bond donors (Lipinski definition) is 2. The number of morpholine rings is 1. The van der Waals surface area contributed by atoms with Crippen LogP contribution in [0, 0.1) is 13.8 Å². The number of aliphatic hydroxyl groups excluding tert-OH is 1. The third kappa shape index (κ3) is 4.98. The average molecular weight is 560 g/mol. The first-order valence-electron chi connectivity index (χ1n) is 11.9. The Hall–Kier alpha value is -2.95. The van der Waals surface area contributed by atoms with Gasteiger partial charge in [0.25, 0.3) is 11.7 Å².